The number of amides is 4. The molecular formula is C100H99BrCl8N16O8S3Si3. The minimum Gasteiger partial charge on any atom is -0.540 e. The van der Waals surface area contributed by atoms with Crippen molar-refractivity contribution in [2.24, 2.45) is 0 Å². The molecule has 15 rings (SSSR count). The van der Waals surface area contributed by atoms with Gasteiger partial charge < -0.3 is 39.7 Å². The van der Waals surface area contributed by atoms with Crippen LogP contribution < -0.4 is 34.5 Å². The van der Waals surface area contributed by atoms with Crippen molar-refractivity contribution in [2.45, 2.75) is 157 Å². The minimum atomic E-state index is -2.37. The molecule has 0 aliphatic heterocycles. The Morgan fingerprint density at radius 2 is 0.619 bits per heavy atom. The maximum absolute atomic E-state index is 13.6. The maximum atomic E-state index is 13.6. The van der Waals surface area contributed by atoms with Gasteiger partial charge in [0.1, 0.15) is 22.1 Å². The van der Waals surface area contributed by atoms with Crippen LogP contribution in [0.5, 0.6) is 23.0 Å². The zero-order chi connectivity index (χ0) is 101. The van der Waals surface area contributed by atoms with Gasteiger partial charge in [0.05, 0.1) is 51.3 Å². The summed E-state index contributed by atoms with van der Waals surface area (Å²) in [5, 5.41) is 61.7. The highest BCUT2D eigenvalue weighted by Gasteiger charge is 2.44. The van der Waals surface area contributed by atoms with Crippen molar-refractivity contribution >= 4 is 277 Å². The lowest BCUT2D eigenvalue weighted by Crippen LogP contribution is -2.44. The molecule has 24 nitrogen and oxygen atoms in total. The predicted molar refractivity (Wildman–Crippen MR) is 582 cm³/mol. The first-order valence-corrected chi connectivity index (χ1v) is 58.4. The van der Waals surface area contributed by atoms with Gasteiger partial charge >= 0.3 is 0 Å². The van der Waals surface area contributed by atoms with E-state index in [9.17, 15) is 24.3 Å². The molecule has 0 fully saturated rings. The fourth-order valence-corrected chi connectivity index (χ4v) is 21.0. The molecule has 0 spiro atoms. The van der Waals surface area contributed by atoms with Crippen LogP contribution in [0.15, 0.2) is 169 Å². The molecule has 0 aliphatic rings. The number of benzene rings is 4. The van der Waals surface area contributed by atoms with E-state index in [1.807, 2.05) is 73.7 Å². The molecule has 0 radical (unpaired) electrons. The first kappa shape index (κ1) is 107. The molecule has 0 saturated heterocycles. The number of aromatic nitrogens is 12. The summed E-state index contributed by atoms with van der Waals surface area (Å²) >= 11 is 57.2. The number of pyridine rings is 4. The Morgan fingerprint density at radius 3 is 0.885 bits per heavy atom. The Bertz CT molecular complexity index is 6960. The quantitative estimate of drug-likeness (QED) is 0.0332. The molecule has 720 valence electrons. The summed E-state index contributed by atoms with van der Waals surface area (Å²) in [4.78, 5) is 77.6. The van der Waals surface area contributed by atoms with E-state index >= 15 is 0 Å². The monoisotopic (exact) mass is 2190 g/mol. The predicted octanol–water partition coefficient (Wildman–Crippen LogP) is 28.6. The molecule has 0 atom stereocenters. The van der Waals surface area contributed by atoms with Crippen molar-refractivity contribution < 1.29 is 37.6 Å². The average molecular weight is 2200 g/mol. The molecule has 39 heteroatoms. The summed E-state index contributed by atoms with van der Waals surface area (Å²) in [5.74, 6) is -1.02. The SMILES string of the molecule is C=Cc1nc(C(=O)NCc2cc(Cl)cc(Cl)c2)c(O[Si](C)(C)C(C)(C)C)c2nnccc12.CC(C)(C)[Si](C)(C)Oc1c(C(=O)NCc2cc(Cl)cc(Cl)c2)nc(/C=C\c2ccc(Br)s2)c2ccnnc12.Cc1ccc(/C=C\c2nc(C(=O)NCc3cc(Cl)cc(Cl)c3)c(O)c3nnccc23)s1.Cc1ccc(/C=C\c2nc(C(=O)NCc3cc(Cl)cc(Cl)c3)c(O[Si](C)(C)C(C)(C)C)c3nnccc23)s1. The van der Waals surface area contributed by atoms with E-state index in [2.05, 4.69) is 215 Å². The Hall–Kier alpha value is -10.6. The Morgan fingerprint density at radius 1 is 0.367 bits per heavy atom. The first-order chi connectivity index (χ1) is 65.5. The molecule has 11 aromatic heterocycles. The average Bonchev–Trinajstić information content (AvgIpc) is 0.971. The summed E-state index contributed by atoms with van der Waals surface area (Å²) < 4.78 is 21.0. The van der Waals surface area contributed by atoms with E-state index in [1.54, 1.807) is 150 Å². The molecule has 5 N–H and O–H groups in total. The van der Waals surface area contributed by atoms with E-state index in [0.717, 1.165) is 56.8 Å². The summed E-state index contributed by atoms with van der Waals surface area (Å²) in [5.41, 5.74) is 7.30. The third kappa shape index (κ3) is 28.0. The van der Waals surface area contributed by atoms with Gasteiger partial charge in [0, 0.05) is 112 Å². The van der Waals surface area contributed by atoms with Crippen molar-refractivity contribution in [3.8, 4) is 23.0 Å². The second kappa shape index (κ2) is 46.0. The summed E-state index contributed by atoms with van der Waals surface area (Å²) in [7, 11) is -7.06. The zero-order valence-electron chi connectivity index (χ0n) is 78.9. The Kier molecular flexibility index (Phi) is 35.5. The molecule has 0 saturated carbocycles. The van der Waals surface area contributed by atoms with Gasteiger partial charge in [0.2, 0.25) is 0 Å². The fraction of sp³-hybridized carbons (Fsp3) is 0.240. The number of carbonyl (C=O) groups excluding carboxylic acids is 4. The molecule has 15 aromatic rings. The number of fused-ring (bicyclic) bond motifs is 4. The van der Waals surface area contributed by atoms with Crippen molar-refractivity contribution in [3.05, 3.63) is 301 Å². The first-order valence-electron chi connectivity index (χ1n) is 43.4. The van der Waals surface area contributed by atoms with Crippen molar-refractivity contribution in [1.29, 1.82) is 0 Å². The van der Waals surface area contributed by atoms with Crippen LogP contribution in [0, 0.1) is 13.8 Å². The number of thiophene rings is 3. The molecule has 139 heavy (non-hydrogen) atoms. The van der Waals surface area contributed by atoms with Crippen LogP contribution in [0.1, 0.15) is 174 Å². The van der Waals surface area contributed by atoms with Crippen LogP contribution in [0.4, 0.5) is 0 Å². The topological polar surface area (TPSA) is 319 Å². The molecule has 11 heterocycles. The summed E-state index contributed by atoms with van der Waals surface area (Å²) in [6, 6.07) is 39.8. The Labute approximate surface area is 869 Å². The lowest BCUT2D eigenvalue weighted by molar-refractivity contribution is 0.0935. The molecule has 0 unspecified atom stereocenters. The number of hydrogen-bond acceptors (Lipinski definition) is 23. The maximum Gasteiger partial charge on any atom is 0.274 e. The van der Waals surface area contributed by atoms with Crippen LogP contribution in [-0.4, -0.2) is 114 Å². The normalized spacial score (nSPS) is 12.0. The highest BCUT2D eigenvalue weighted by atomic mass is 79.9. The van der Waals surface area contributed by atoms with Crippen LogP contribution in [0.2, 0.25) is 94.6 Å². The summed E-state index contributed by atoms with van der Waals surface area (Å²) in [6.07, 6.45) is 19.4. The number of nitrogens with one attached hydrogen (secondary N) is 4. The van der Waals surface area contributed by atoms with Crippen LogP contribution in [0.25, 0.3) is 86.1 Å². The third-order valence-corrected chi connectivity index (χ3v) is 41.3. The number of rotatable bonds is 25. The number of halogens is 9. The van der Waals surface area contributed by atoms with Gasteiger partial charge in [-0.15, -0.1) is 54.4 Å². The molecule has 0 bridgehead atoms. The molecule has 4 amide bonds. The van der Waals surface area contributed by atoms with E-state index in [4.69, 9.17) is 116 Å². The van der Waals surface area contributed by atoms with Crippen molar-refractivity contribution in [2.75, 3.05) is 0 Å². The minimum absolute atomic E-state index is 0.0933. The second-order valence-electron chi connectivity index (χ2n) is 36.6. The lowest BCUT2D eigenvalue weighted by atomic mass is 10.1. The van der Waals surface area contributed by atoms with Gasteiger partial charge in [0.15, 0.2) is 45.8 Å². The van der Waals surface area contributed by atoms with Gasteiger partial charge in [-0.1, -0.05) is 162 Å². The molecule has 4 aromatic carbocycles. The van der Waals surface area contributed by atoms with Gasteiger partial charge in [0.25, 0.3) is 48.6 Å². The van der Waals surface area contributed by atoms with Crippen LogP contribution in [0.3, 0.4) is 0 Å². The fourth-order valence-electron chi connectivity index (χ4n) is 12.8. The van der Waals surface area contributed by atoms with Crippen LogP contribution in [-0.2, 0) is 26.2 Å². The highest BCUT2D eigenvalue weighted by molar-refractivity contribution is 9.11. The van der Waals surface area contributed by atoms with E-state index in [-0.39, 0.29) is 81.2 Å². The number of hydrogen-bond donors (Lipinski definition) is 5. The smallest absolute Gasteiger partial charge is 0.274 e. The Balaban J connectivity index is 0.000000167. The van der Waals surface area contributed by atoms with Gasteiger partial charge in [-0.05, 0) is 282 Å². The second-order valence-corrected chi connectivity index (χ2v) is 59.4. The van der Waals surface area contributed by atoms with E-state index < -0.39 is 42.7 Å². The van der Waals surface area contributed by atoms with Gasteiger partial charge in [-0.3, -0.25) is 19.2 Å². The number of aryl methyl sites for hydroxylation is 2. The lowest BCUT2D eigenvalue weighted by Gasteiger charge is -2.36. The number of aromatic hydroxyl groups is 1. The van der Waals surface area contributed by atoms with Crippen molar-refractivity contribution in [3.63, 3.8) is 0 Å². The van der Waals surface area contributed by atoms with Gasteiger partial charge in [-0.25, -0.2) is 19.9 Å². The highest BCUT2D eigenvalue weighted by Crippen LogP contribution is 2.45. The standard InChI is InChI=1S/C28H30Cl2N4O2SSi.C27H27BrCl2N4O2SSi.C23H26Cl2N4O2Si.C22H16Cl2N4O2S/c1-17-7-8-21(37-17)9-10-23-22-11-12-32-34-24(22)26(36-38(5,6)28(2,3)4)25(33-23)27(35)31-16-18-13-19(29)15-20(30)14-18;1-27(2,3)38(4,5)36-25-23-20(10-11-32-34-23)21(8-6-19-7-9-22(28)37-19)33-24(25)26(35)31-15-16-12-17(29)14-18(30)13-16;1-7-18-17-8-9-27-29-19(17)21(31-32(5,6)23(2,3)4)20(28-18)22(30)26-13-14-10-15(24)12-16(25)11-14;1-12-2-3-16(31-12)4-5-18-17-6-7-26-28-19(17)21(29)20(27-18)22(30)25-11-13-8-14(23)10-15(24)9-13/h7-15H,16H2,1-6H3,(H,31,35);6-14H,15H2,1-5H3,(H,31,35);7-12H,1,13H2,2-6H3,(H,26,30);2-10,29H,11H2,1H3,(H,25,30)/b10-9-;8-6-;;5-4-. The largest absolute Gasteiger partial charge is 0.540 e. The zero-order valence-corrected chi connectivity index (χ0v) is 92.0. The van der Waals surface area contributed by atoms with Crippen molar-refractivity contribution in [1.82, 2.24) is 82.0 Å². The van der Waals surface area contributed by atoms with E-state index in [1.165, 1.54) is 16.0 Å². The van der Waals surface area contributed by atoms with E-state index in [0.29, 0.717) is 102 Å². The van der Waals surface area contributed by atoms with Crippen LogP contribution >= 0.6 is 143 Å². The third-order valence-electron chi connectivity index (χ3n) is 23.0. The van der Waals surface area contributed by atoms with Gasteiger partial charge in [-0.2, -0.15) is 20.4 Å². The number of carbonyl (C=O) groups is 4. The molecular weight excluding hydrogens is 2100 g/mol. The molecule has 0 aliphatic carbocycles. The number of nitrogens with zero attached hydrogens (tertiary/aromatic N) is 12. The summed E-state index contributed by atoms with van der Waals surface area (Å²) in [6.45, 7) is 40.7.